The Morgan fingerprint density at radius 1 is 1.09 bits per heavy atom. The fraction of sp³-hybridized carbons (Fsp3) is 0.118. The smallest absolute Gasteiger partial charge is 0.172 e. The largest absolute Gasteiger partial charge is 0.380 e. The molecule has 1 aromatic carbocycles. The average Bonchev–Trinajstić information content (AvgIpc) is 3.13. The van der Waals surface area contributed by atoms with Crippen LogP contribution in [0.25, 0.3) is 22.2 Å². The van der Waals surface area contributed by atoms with Crippen LogP contribution in [0.15, 0.2) is 55.0 Å². The zero-order valence-electron chi connectivity index (χ0n) is 12.7. The summed E-state index contributed by atoms with van der Waals surface area (Å²) in [5.41, 5.74) is 10.9. The molecule has 0 saturated carbocycles. The third-order valence-corrected chi connectivity index (χ3v) is 3.83. The van der Waals surface area contributed by atoms with E-state index in [1.807, 2.05) is 48.5 Å². The van der Waals surface area contributed by atoms with Crippen LogP contribution < -0.4 is 5.73 Å². The van der Waals surface area contributed by atoms with Gasteiger partial charge in [-0.1, -0.05) is 30.3 Å². The number of nitrogen functional groups attached to an aromatic ring is 1. The van der Waals surface area contributed by atoms with Crippen molar-refractivity contribution >= 4 is 16.9 Å². The first-order valence-electron chi connectivity index (χ1n) is 7.36. The van der Waals surface area contributed by atoms with E-state index in [9.17, 15) is 0 Å². The summed E-state index contributed by atoms with van der Waals surface area (Å²) in [6.45, 7) is 0.659. The number of fused-ring (bicyclic) bond motifs is 1. The number of hydrogen-bond donors (Lipinski definition) is 1. The number of hydrogen-bond acceptors (Lipinski definition) is 4. The zero-order valence-corrected chi connectivity index (χ0v) is 12.7. The number of aryl methyl sites for hydroxylation is 1. The lowest BCUT2D eigenvalue weighted by molar-refractivity contribution is 0.716. The van der Waals surface area contributed by atoms with Crippen molar-refractivity contribution in [3.8, 4) is 11.1 Å². The molecule has 23 heavy (non-hydrogen) atoms. The van der Waals surface area contributed by atoms with Gasteiger partial charge < -0.3 is 5.73 Å². The van der Waals surface area contributed by atoms with Gasteiger partial charge >= 0.3 is 0 Å². The number of nitrogens with zero attached hydrogens (tertiary/aromatic N) is 5. The van der Waals surface area contributed by atoms with Crippen LogP contribution in [0.1, 0.15) is 5.56 Å². The molecule has 0 aliphatic heterocycles. The van der Waals surface area contributed by atoms with Gasteiger partial charge in [0.25, 0.3) is 0 Å². The van der Waals surface area contributed by atoms with Crippen molar-refractivity contribution in [3.05, 3.63) is 60.6 Å². The molecule has 0 aliphatic carbocycles. The van der Waals surface area contributed by atoms with Crippen molar-refractivity contribution in [3.63, 3.8) is 0 Å². The minimum atomic E-state index is 0.452. The van der Waals surface area contributed by atoms with E-state index < -0.39 is 0 Å². The number of nitrogens with two attached hydrogens (primary N) is 1. The maximum absolute atomic E-state index is 6.01. The van der Waals surface area contributed by atoms with E-state index in [0.717, 1.165) is 22.2 Å². The first-order valence-corrected chi connectivity index (χ1v) is 7.36. The van der Waals surface area contributed by atoms with Crippen molar-refractivity contribution < 1.29 is 0 Å². The highest BCUT2D eigenvalue weighted by Gasteiger charge is 2.12. The fourth-order valence-corrected chi connectivity index (χ4v) is 2.68. The summed E-state index contributed by atoms with van der Waals surface area (Å²) in [5.74, 6) is 0.452. The summed E-state index contributed by atoms with van der Waals surface area (Å²) >= 11 is 0. The maximum atomic E-state index is 6.01. The standard InChI is InChI=1S/C17H16N6/c1-22-11-14(9-20-22)13-7-15-16(19-8-13)17(18)21-23(15)10-12-5-3-2-4-6-12/h2-9,11H,10H2,1H3,(H2,18,21). The SMILES string of the molecule is Cn1cc(-c2cnc3c(N)nn(Cc4ccccc4)c3c2)cn1. The molecule has 2 N–H and O–H groups in total. The van der Waals surface area contributed by atoms with E-state index in [1.54, 1.807) is 4.68 Å². The maximum Gasteiger partial charge on any atom is 0.172 e. The Hall–Kier alpha value is -3.15. The summed E-state index contributed by atoms with van der Waals surface area (Å²) < 4.78 is 3.67. The molecule has 3 heterocycles. The molecule has 0 saturated heterocycles. The van der Waals surface area contributed by atoms with E-state index in [4.69, 9.17) is 5.73 Å². The van der Waals surface area contributed by atoms with Gasteiger partial charge in [0.1, 0.15) is 5.52 Å². The van der Waals surface area contributed by atoms with Crippen LogP contribution >= 0.6 is 0 Å². The van der Waals surface area contributed by atoms with Gasteiger partial charge in [-0.3, -0.25) is 14.3 Å². The third kappa shape index (κ3) is 2.44. The van der Waals surface area contributed by atoms with Gasteiger partial charge in [0.05, 0.1) is 18.3 Å². The number of rotatable bonds is 3. The normalized spacial score (nSPS) is 11.2. The molecule has 0 radical (unpaired) electrons. The lowest BCUT2D eigenvalue weighted by Crippen LogP contribution is -2.02. The summed E-state index contributed by atoms with van der Waals surface area (Å²) in [4.78, 5) is 4.48. The number of pyridine rings is 1. The van der Waals surface area contributed by atoms with Gasteiger partial charge in [0.2, 0.25) is 0 Å². The molecular weight excluding hydrogens is 288 g/mol. The van der Waals surface area contributed by atoms with Crippen LogP contribution in [-0.2, 0) is 13.6 Å². The van der Waals surface area contributed by atoms with E-state index in [2.05, 4.69) is 33.4 Å². The topological polar surface area (TPSA) is 74.6 Å². The Bertz CT molecular complexity index is 967. The van der Waals surface area contributed by atoms with Crippen LogP contribution in [0, 0.1) is 0 Å². The summed E-state index contributed by atoms with van der Waals surface area (Å²) in [7, 11) is 1.90. The molecule has 0 amide bonds. The minimum Gasteiger partial charge on any atom is -0.380 e. The van der Waals surface area contributed by atoms with E-state index in [1.165, 1.54) is 5.56 Å². The molecule has 3 aromatic heterocycles. The first-order chi connectivity index (χ1) is 11.2. The van der Waals surface area contributed by atoms with Gasteiger partial charge in [-0.2, -0.15) is 10.2 Å². The molecule has 0 unspecified atom stereocenters. The molecule has 0 atom stereocenters. The number of aromatic nitrogens is 5. The van der Waals surface area contributed by atoms with Crippen LogP contribution in [0.5, 0.6) is 0 Å². The number of anilines is 1. The van der Waals surface area contributed by atoms with Gasteiger partial charge in [0, 0.05) is 30.6 Å². The molecular formula is C17H16N6. The predicted octanol–water partition coefficient (Wildman–Crippen LogP) is 2.46. The summed E-state index contributed by atoms with van der Waals surface area (Å²) in [6, 6.07) is 12.2. The molecule has 0 fully saturated rings. The monoisotopic (exact) mass is 304 g/mol. The van der Waals surface area contributed by atoms with E-state index >= 15 is 0 Å². The molecule has 114 valence electrons. The Kier molecular flexibility index (Phi) is 3.08. The van der Waals surface area contributed by atoms with Gasteiger partial charge in [-0.05, 0) is 11.6 Å². The second kappa shape index (κ2) is 5.24. The molecule has 4 rings (SSSR count). The molecule has 0 aliphatic rings. The number of benzene rings is 1. The Labute approximate surface area is 133 Å². The third-order valence-electron chi connectivity index (χ3n) is 3.83. The van der Waals surface area contributed by atoms with Gasteiger partial charge in [0.15, 0.2) is 5.82 Å². The lowest BCUT2D eigenvalue weighted by Gasteiger charge is -2.04. The second-order valence-electron chi connectivity index (χ2n) is 5.52. The van der Waals surface area contributed by atoms with Crippen LogP contribution in [0.3, 0.4) is 0 Å². The van der Waals surface area contributed by atoms with Crippen molar-refractivity contribution in [2.75, 3.05) is 5.73 Å². The molecule has 0 bridgehead atoms. The van der Waals surface area contributed by atoms with Crippen molar-refractivity contribution in [2.45, 2.75) is 6.54 Å². The molecule has 6 nitrogen and oxygen atoms in total. The average molecular weight is 304 g/mol. The second-order valence-corrected chi connectivity index (χ2v) is 5.52. The fourth-order valence-electron chi connectivity index (χ4n) is 2.68. The van der Waals surface area contributed by atoms with E-state index in [-0.39, 0.29) is 0 Å². The highest BCUT2D eigenvalue weighted by atomic mass is 15.3. The van der Waals surface area contributed by atoms with Crippen LogP contribution in [0.4, 0.5) is 5.82 Å². The molecule has 4 aromatic rings. The van der Waals surface area contributed by atoms with Crippen molar-refractivity contribution in [1.29, 1.82) is 0 Å². The summed E-state index contributed by atoms with van der Waals surface area (Å²) in [5, 5.41) is 8.65. The van der Waals surface area contributed by atoms with Crippen molar-refractivity contribution in [2.24, 2.45) is 7.05 Å². The molecule has 0 spiro atoms. The van der Waals surface area contributed by atoms with Gasteiger partial charge in [-0.15, -0.1) is 0 Å². The van der Waals surface area contributed by atoms with Crippen LogP contribution in [0.2, 0.25) is 0 Å². The first kappa shape index (κ1) is 13.5. The molecule has 6 heteroatoms. The summed E-state index contributed by atoms with van der Waals surface area (Å²) in [6.07, 6.45) is 5.60. The Morgan fingerprint density at radius 3 is 2.65 bits per heavy atom. The van der Waals surface area contributed by atoms with Crippen molar-refractivity contribution in [1.82, 2.24) is 24.5 Å². The Morgan fingerprint density at radius 2 is 1.91 bits per heavy atom. The van der Waals surface area contributed by atoms with E-state index in [0.29, 0.717) is 12.4 Å². The highest BCUT2D eigenvalue weighted by molar-refractivity contribution is 5.88. The quantitative estimate of drug-likeness (QED) is 0.631. The Balaban J connectivity index is 1.81. The minimum absolute atomic E-state index is 0.452. The zero-order chi connectivity index (χ0) is 15.8. The van der Waals surface area contributed by atoms with Crippen LogP contribution in [-0.4, -0.2) is 24.5 Å². The van der Waals surface area contributed by atoms with Gasteiger partial charge in [-0.25, -0.2) is 0 Å². The predicted molar refractivity (Wildman–Crippen MR) is 89.7 cm³/mol. The highest BCUT2D eigenvalue weighted by Crippen LogP contribution is 2.25. The lowest BCUT2D eigenvalue weighted by atomic mass is 10.1.